The van der Waals surface area contributed by atoms with Gasteiger partial charge in [0.1, 0.15) is 0 Å². The number of nitrogens with zero attached hydrogens (tertiary/aromatic N) is 1. The second-order valence-electron chi connectivity index (χ2n) is 6.58. The summed E-state index contributed by atoms with van der Waals surface area (Å²) in [4.78, 5) is 26.3. The molecule has 0 aliphatic carbocycles. The minimum atomic E-state index is -0.393. The van der Waals surface area contributed by atoms with Gasteiger partial charge in [-0.3, -0.25) is 4.79 Å². The molecule has 4 nitrogen and oxygen atoms in total. The van der Waals surface area contributed by atoms with Gasteiger partial charge in [-0.1, -0.05) is 49.0 Å². The lowest BCUT2D eigenvalue weighted by Gasteiger charge is -2.16. The molecule has 0 atom stereocenters. The number of esters is 1. The van der Waals surface area contributed by atoms with Crippen LogP contribution in [0.5, 0.6) is 0 Å². The van der Waals surface area contributed by atoms with Crippen LogP contribution in [0.1, 0.15) is 34.0 Å². The smallest absolute Gasteiger partial charge is 0.333 e. The minimum absolute atomic E-state index is 0.0119. The van der Waals surface area contributed by atoms with E-state index in [0.29, 0.717) is 23.1 Å². The van der Waals surface area contributed by atoms with Gasteiger partial charge in [-0.25, -0.2) is 4.79 Å². The quantitative estimate of drug-likeness (QED) is 0.414. The normalized spacial score (nSPS) is 10.6. The van der Waals surface area contributed by atoms with E-state index in [0.717, 1.165) is 17.7 Å². The van der Waals surface area contributed by atoms with E-state index < -0.39 is 5.97 Å². The van der Waals surface area contributed by atoms with E-state index in [2.05, 4.69) is 11.5 Å². The molecule has 0 aromatic heterocycles. The van der Waals surface area contributed by atoms with Crippen molar-refractivity contribution in [1.82, 2.24) is 4.90 Å². The summed E-state index contributed by atoms with van der Waals surface area (Å²) in [6, 6.07) is 15.0. The van der Waals surface area contributed by atoms with E-state index in [1.807, 2.05) is 62.6 Å². The van der Waals surface area contributed by atoms with Gasteiger partial charge >= 0.3 is 5.97 Å². The van der Waals surface area contributed by atoms with Crippen molar-refractivity contribution in [2.45, 2.75) is 19.9 Å². The Hall–Kier alpha value is -2.72. The van der Waals surface area contributed by atoms with Crippen molar-refractivity contribution in [1.29, 1.82) is 0 Å². The third kappa shape index (κ3) is 5.39. The summed E-state index contributed by atoms with van der Waals surface area (Å²) in [5.41, 5.74) is 3.81. The van der Waals surface area contributed by atoms with Crippen LogP contribution >= 0.6 is 0 Å². The molecule has 0 bridgehead atoms. The highest BCUT2D eigenvalue weighted by Gasteiger charge is 2.13. The molecule has 0 radical (unpaired) electrons. The van der Waals surface area contributed by atoms with Gasteiger partial charge in [0.15, 0.2) is 5.78 Å². The molecular formula is C22H25NO3. The fourth-order valence-corrected chi connectivity index (χ4v) is 2.63. The van der Waals surface area contributed by atoms with Crippen LogP contribution in [0.15, 0.2) is 60.7 Å². The van der Waals surface area contributed by atoms with Crippen LogP contribution in [0.3, 0.4) is 0 Å². The van der Waals surface area contributed by atoms with E-state index in [4.69, 9.17) is 4.74 Å². The third-order valence-corrected chi connectivity index (χ3v) is 3.94. The molecule has 4 heteroatoms. The van der Waals surface area contributed by atoms with Gasteiger partial charge in [-0.15, -0.1) is 0 Å². The minimum Gasteiger partial charge on any atom is -0.462 e. The van der Waals surface area contributed by atoms with Gasteiger partial charge in [0.05, 0.1) is 6.61 Å². The molecule has 0 heterocycles. The zero-order valence-corrected chi connectivity index (χ0v) is 15.6. The molecule has 0 saturated heterocycles. The molecule has 2 rings (SSSR count). The van der Waals surface area contributed by atoms with E-state index in [1.54, 1.807) is 6.92 Å². The third-order valence-electron chi connectivity index (χ3n) is 3.94. The van der Waals surface area contributed by atoms with Crippen molar-refractivity contribution in [2.24, 2.45) is 0 Å². The second-order valence-corrected chi connectivity index (χ2v) is 6.58. The number of ketones is 1. The molecular weight excluding hydrogens is 326 g/mol. The lowest BCUT2D eigenvalue weighted by molar-refractivity contribution is -0.138. The fraction of sp³-hybridized carbons (Fsp3) is 0.273. The highest BCUT2D eigenvalue weighted by atomic mass is 16.5. The summed E-state index contributed by atoms with van der Waals surface area (Å²) >= 11 is 0. The summed E-state index contributed by atoms with van der Waals surface area (Å²) in [5, 5.41) is 0. The van der Waals surface area contributed by atoms with Crippen molar-refractivity contribution >= 4 is 11.8 Å². The Morgan fingerprint density at radius 2 is 1.69 bits per heavy atom. The molecule has 2 aromatic carbocycles. The topological polar surface area (TPSA) is 46.6 Å². The maximum atomic E-state index is 12.7. The SMILES string of the molecule is C=C(C)C(=O)OCCc1cc(C(=O)c2ccccc2)ccc1CN(C)C. The van der Waals surface area contributed by atoms with Crippen LogP contribution in [-0.2, 0) is 22.5 Å². The average molecular weight is 351 g/mol. The number of carbonyl (C=O) groups excluding carboxylic acids is 2. The highest BCUT2D eigenvalue weighted by molar-refractivity contribution is 6.09. The van der Waals surface area contributed by atoms with Gasteiger partial charge in [-0.05, 0) is 38.2 Å². The lowest BCUT2D eigenvalue weighted by Crippen LogP contribution is -2.15. The number of carbonyl (C=O) groups is 2. The molecule has 0 aliphatic heterocycles. The molecule has 26 heavy (non-hydrogen) atoms. The number of ether oxygens (including phenoxy) is 1. The summed E-state index contributed by atoms with van der Waals surface area (Å²) in [7, 11) is 3.99. The van der Waals surface area contributed by atoms with Crippen molar-refractivity contribution in [3.63, 3.8) is 0 Å². The van der Waals surface area contributed by atoms with Crippen LogP contribution < -0.4 is 0 Å². The first-order valence-corrected chi connectivity index (χ1v) is 8.57. The number of benzene rings is 2. The number of hydrogen-bond acceptors (Lipinski definition) is 4. The van der Waals surface area contributed by atoms with E-state index >= 15 is 0 Å². The Morgan fingerprint density at radius 1 is 1.00 bits per heavy atom. The largest absolute Gasteiger partial charge is 0.462 e. The lowest BCUT2D eigenvalue weighted by atomic mass is 9.96. The Labute approximate surface area is 155 Å². The monoisotopic (exact) mass is 351 g/mol. The van der Waals surface area contributed by atoms with Crippen LogP contribution in [0.25, 0.3) is 0 Å². The van der Waals surface area contributed by atoms with Crippen molar-refractivity contribution in [3.8, 4) is 0 Å². The summed E-state index contributed by atoms with van der Waals surface area (Å²) in [6.07, 6.45) is 0.554. The molecule has 0 aliphatic rings. The van der Waals surface area contributed by atoms with Crippen molar-refractivity contribution in [2.75, 3.05) is 20.7 Å². The van der Waals surface area contributed by atoms with E-state index in [9.17, 15) is 9.59 Å². The Morgan fingerprint density at radius 3 is 2.31 bits per heavy atom. The molecule has 2 aromatic rings. The molecule has 0 spiro atoms. The van der Waals surface area contributed by atoms with Crippen molar-refractivity contribution < 1.29 is 14.3 Å². The summed E-state index contributed by atoms with van der Waals surface area (Å²) in [5.74, 6) is -0.405. The molecule has 0 fully saturated rings. The maximum absolute atomic E-state index is 12.7. The van der Waals surface area contributed by atoms with Crippen LogP contribution in [0.4, 0.5) is 0 Å². The van der Waals surface area contributed by atoms with Gasteiger partial charge < -0.3 is 9.64 Å². The van der Waals surface area contributed by atoms with Gasteiger partial charge in [0, 0.05) is 29.7 Å². The van der Waals surface area contributed by atoms with Crippen LogP contribution in [0, 0.1) is 0 Å². The van der Waals surface area contributed by atoms with Gasteiger partial charge in [0.2, 0.25) is 0 Å². The standard InChI is InChI=1S/C22H25NO3/c1-16(2)22(25)26-13-12-18-14-19(10-11-20(18)15-23(3)4)21(24)17-8-6-5-7-9-17/h5-11,14H,1,12-13,15H2,2-4H3. The maximum Gasteiger partial charge on any atom is 0.333 e. The first-order chi connectivity index (χ1) is 12.4. The van der Waals surface area contributed by atoms with Crippen molar-refractivity contribution in [3.05, 3.63) is 82.9 Å². The van der Waals surface area contributed by atoms with E-state index in [1.165, 1.54) is 0 Å². The van der Waals surface area contributed by atoms with Crippen LogP contribution in [0.2, 0.25) is 0 Å². The Balaban J connectivity index is 2.22. The first kappa shape index (κ1) is 19.6. The predicted molar refractivity (Wildman–Crippen MR) is 103 cm³/mol. The first-order valence-electron chi connectivity index (χ1n) is 8.57. The highest BCUT2D eigenvalue weighted by Crippen LogP contribution is 2.18. The van der Waals surface area contributed by atoms with Crippen LogP contribution in [-0.4, -0.2) is 37.4 Å². The molecule has 0 saturated carbocycles. The molecule has 0 amide bonds. The Bertz CT molecular complexity index is 794. The molecule has 136 valence electrons. The molecule has 0 unspecified atom stereocenters. The molecule has 0 N–H and O–H groups in total. The fourth-order valence-electron chi connectivity index (χ4n) is 2.63. The zero-order chi connectivity index (χ0) is 19.1. The predicted octanol–water partition coefficient (Wildman–Crippen LogP) is 3.64. The van der Waals surface area contributed by atoms with Gasteiger partial charge in [0.25, 0.3) is 0 Å². The second kappa shape index (κ2) is 9.11. The summed E-state index contributed by atoms with van der Waals surface area (Å²) in [6.45, 7) is 6.22. The zero-order valence-electron chi connectivity index (χ0n) is 15.6. The average Bonchev–Trinajstić information content (AvgIpc) is 2.62. The number of hydrogen-bond donors (Lipinski definition) is 0. The Kier molecular flexibility index (Phi) is 6.87. The number of rotatable bonds is 8. The van der Waals surface area contributed by atoms with E-state index in [-0.39, 0.29) is 12.4 Å². The van der Waals surface area contributed by atoms with Gasteiger partial charge in [-0.2, -0.15) is 0 Å². The summed E-state index contributed by atoms with van der Waals surface area (Å²) < 4.78 is 5.22.